The summed E-state index contributed by atoms with van der Waals surface area (Å²) in [6.45, 7) is 0.750. The fourth-order valence-electron chi connectivity index (χ4n) is 2.59. The molecule has 0 radical (unpaired) electrons. The first-order valence-electron chi connectivity index (χ1n) is 7.01. The van der Waals surface area contributed by atoms with Gasteiger partial charge in [0.25, 0.3) is 0 Å². The summed E-state index contributed by atoms with van der Waals surface area (Å²) < 4.78 is 19.4. The van der Waals surface area contributed by atoms with Crippen LogP contribution in [0.3, 0.4) is 0 Å². The number of aliphatic hydroxyl groups is 1. The summed E-state index contributed by atoms with van der Waals surface area (Å²) in [5.74, 6) is 0.621. The molecule has 1 aliphatic rings. The van der Waals surface area contributed by atoms with Crippen molar-refractivity contribution >= 4 is 15.9 Å². The first kappa shape index (κ1) is 14.5. The van der Waals surface area contributed by atoms with Crippen LogP contribution in [-0.4, -0.2) is 11.7 Å². The number of benzene rings is 2. The lowest BCUT2D eigenvalue weighted by molar-refractivity contribution is 0.167. The summed E-state index contributed by atoms with van der Waals surface area (Å²) in [7, 11) is 0. The number of hydrogen-bond acceptors (Lipinski definition) is 2. The Balaban J connectivity index is 1.65. The molecule has 110 valence electrons. The minimum Gasteiger partial charge on any atom is -0.493 e. The minimum absolute atomic E-state index is 0.346. The second-order valence-electron chi connectivity index (χ2n) is 5.27. The van der Waals surface area contributed by atoms with E-state index in [1.807, 2.05) is 12.1 Å². The van der Waals surface area contributed by atoms with Crippen molar-refractivity contribution in [1.82, 2.24) is 0 Å². The number of aryl methyl sites for hydroxylation is 1. The van der Waals surface area contributed by atoms with Crippen molar-refractivity contribution in [3.8, 4) is 5.75 Å². The summed E-state index contributed by atoms with van der Waals surface area (Å²) in [6, 6.07) is 10.9. The molecule has 1 N–H and O–H groups in total. The molecule has 21 heavy (non-hydrogen) atoms. The Labute approximate surface area is 131 Å². The molecule has 2 aromatic carbocycles. The van der Waals surface area contributed by atoms with E-state index in [-0.39, 0.29) is 5.82 Å². The molecule has 2 nitrogen and oxygen atoms in total. The molecular weight excluding hydrogens is 335 g/mol. The maximum absolute atomic E-state index is 13.5. The van der Waals surface area contributed by atoms with E-state index < -0.39 is 6.10 Å². The predicted molar refractivity (Wildman–Crippen MR) is 83.0 cm³/mol. The summed E-state index contributed by atoms with van der Waals surface area (Å²) in [6.07, 6.45) is 1.62. The van der Waals surface area contributed by atoms with Gasteiger partial charge in [-0.15, -0.1) is 0 Å². The molecule has 1 heterocycles. The van der Waals surface area contributed by atoms with E-state index in [0.29, 0.717) is 16.5 Å². The van der Waals surface area contributed by atoms with E-state index in [4.69, 9.17) is 4.74 Å². The van der Waals surface area contributed by atoms with Crippen LogP contribution < -0.4 is 4.74 Å². The monoisotopic (exact) mass is 350 g/mol. The van der Waals surface area contributed by atoms with Crippen molar-refractivity contribution in [2.75, 3.05) is 6.61 Å². The van der Waals surface area contributed by atoms with E-state index in [2.05, 4.69) is 22.0 Å². The maximum Gasteiger partial charge on any atom is 0.137 e. The van der Waals surface area contributed by atoms with E-state index >= 15 is 0 Å². The SMILES string of the molecule is OC(CCc1ccc2c(c1)CCO2)c1ccc(Br)c(F)c1. The average molecular weight is 351 g/mol. The van der Waals surface area contributed by atoms with Crippen molar-refractivity contribution in [2.24, 2.45) is 0 Å². The molecule has 0 spiro atoms. The van der Waals surface area contributed by atoms with Gasteiger partial charge in [0.2, 0.25) is 0 Å². The Bertz CT molecular complexity index is 657. The first-order valence-corrected chi connectivity index (χ1v) is 7.80. The quantitative estimate of drug-likeness (QED) is 0.895. The lowest BCUT2D eigenvalue weighted by Crippen LogP contribution is -2.00. The Kier molecular flexibility index (Phi) is 4.27. The molecule has 1 unspecified atom stereocenters. The van der Waals surface area contributed by atoms with Crippen LogP contribution in [0.1, 0.15) is 29.2 Å². The molecule has 1 aliphatic heterocycles. The molecule has 0 amide bonds. The number of fused-ring (bicyclic) bond motifs is 1. The Morgan fingerprint density at radius 2 is 2.10 bits per heavy atom. The van der Waals surface area contributed by atoms with E-state index in [1.54, 1.807) is 12.1 Å². The fourth-order valence-corrected chi connectivity index (χ4v) is 2.83. The molecule has 0 fully saturated rings. The molecule has 3 rings (SSSR count). The highest BCUT2D eigenvalue weighted by molar-refractivity contribution is 9.10. The third-order valence-electron chi connectivity index (χ3n) is 3.79. The van der Waals surface area contributed by atoms with Crippen molar-refractivity contribution < 1.29 is 14.2 Å². The zero-order valence-corrected chi connectivity index (χ0v) is 13.1. The van der Waals surface area contributed by atoms with Gasteiger partial charge in [0.05, 0.1) is 17.2 Å². The van der Waals surface area contributed by atoms with Crippen LogP contribution >= 0.6 is 15.9 Å². The van der Waals surface area contributed by atoms with Crippen molar-refractivity contribution in [2.45, 2.75) is 25.4 Å². The first-order chi connectivity index (χ1) is 10.1. The van der Waals surface area contributed by atoms with Gasteiger partial charge in [0, 0.05) is 6.42 Å². The van der Waals surface area contributed by atoms with E-state index in [0.717, 1.165) is 25.2 Å². The van der Waals surface area contributed by atoms with E-state index in [9.17, 15) is 9.50 Å². The highest BCUT2D eigenvalue weighted by atomic mass is 79.9. The summed E-state index contributed by atoms with van der Waals surface area (Å²) in [5, 5.41) is 10.2. The lowest BCUT2D eigenvalue weighted by atomic mass is 9.99. The van der Waals surface area contributed by atoms with Crippen LogP contribution in [0.15, 0.2) is 40.9 Å². The van der Waals surface area contributed by atoms with Crippen molar-refractivity contribution in [1.29, 1.82) is 0 Å². The van der Waals surface area contributed by atoms with Crippen LogP contribution in [0.5, 0.6) is 5.75 Å². The van der Waals surface area contributed by atoms with Crippen LogP contribution in [0.2, 0.25) is 0 Å². The van der Waals surface area contributed by atoms with Crippen molar-refractivity contribution in [3.63, 3.8) is 0 Å². The standard InChI is InChI=1S/C17H16BrFO2/c18-14-4-3-12(10-15(14)19)16(20)5-1-11-2-6-17-13(9-11)7-8-21-17/h2-4,6,9-10,16,20H,1,5,7-8H2. The van der Waals surface area contributed by atoms with Gasteiger partial charge in [-0.1, -0.05) is 18.2 Å². The molecule has 0 saturated heterocycles. The van der Waals surface area contributed by atoms with Gasteiger partial charge in [-0.3, -0.25) is 0 Å². The van der Waals surface area contributed by atoms with Gasteiger partial charge in [-0.05, 0) is 63.7 Å². The van der Waals surface area contributed by atoms with Gasteiger partial charge >= 0.3 is 0 Å². The van der Waals surface area contributed by atoms with Crippen molar-refractivity contribution in [3.05, 3.63) is 63.4 Å². The van der Waals surface area contributed by atoms with E-state index in [1.165, 1.54) is 17.2 Å². The number of aliphatic hydroxyl groups excluding tert-OH is 1. The second-order valence-corrected chi connectivity index (χ2v) is 6.12. The van der Waals surface area contributed by atoms with Crippen LogP contribution in [-0.2, 0) is 12.8 Å². The summed E-state index contributed by atoms with van der Waals surface area (Å²) >= 11 is 3.11. The van der Waals surface area contributed by atoms with Gasteiger partial charge < -0.3 is 9.84 Å². The normalized spacial score (nSPS) is 14.6. The molecule has 4 heteroatoms. The fraction of sp³-hybridized carbons (Fsp3) is 0.294. The number of hydrogen-bond donors (Lipinski definition) is 1. The molecule has 0 bridgehead atoms. The summed E-state index contributed by atoms with van der Waals surface area (Å²) in [4.78, 5) is 0. The minimum atomic E-state index is -0.655. The lowest BCUT2D eigenvalue weighted by Gasteiger charge is -2.12. The molecule has 1 atom stereocenters. The number of ether oxygens (including phenoxy) is 1. The third kappa shape index (κ3) is 3.27. The molecule has 0 saturated carbocycles. The zero-order valence-electron chi connectivity index (χ0n) is 11.5. The molecule has 2 aromatic rings. The predicted octanol–water partition coefficient (Wildman–Crippen LogP) is 4.19. The third-order valence-corrected chi connectivity index (χ3v) is 4.43. The second kappa shape index (κ2) is 6.16. The van der Waals surface area contributed by atoms with Crippen LogP contribution in [0.25, 0.3) is 0 Å². The largest absolute Gasteiger partial charge is 0.493 e. The highest BCUT2D eigenvalue weighted by Crippen LogP contribution is 2.28. The molecule has 0 aliphatic carbocycles. The smallest absolute Gasteiger partial charge is 0.137 e. The Hall–Kier alpha value is -1.39. The number of rotatable bonds is 4. The highest BCUT2D eigenvalue weighted by Gasteiger charge is 2.14. The van der Waals surface area contributed by atoms with Gasteiger partial charge in [0.15, 0.2) is 0 Å². The zero-order chi connectivity index (χ0) is 14.8. The van der Waals surface area contributed by atoms with Gasteiger partial charge in [-0.25, -0.2) is 4.39 Å². The van der Waals surface area contributed by atoms with Gasteiger partial charge in [0.1, 0.15) is 11.6 Å². The molecule has 0 aromatic heterocycles. The van der Waals surface area contributed by atoms with Crippen LogP contribution in [0, 0.1) is 5.82 Å². The Morgan fingerprint density at radius 3 is 2.90 bits per heavy atom. The topological polar surface area (TPSA) is 29.5 Å². The average Bonchev–Trinajstić information content (AvgIpc) is 2.95. The maximum atomic E-state index is 13.5. The number of halogens is 2. The van der Waals surface area contributed by atoms with Gasteiger partial charge in [-0.2, -0.15) is 0 Å². The Morgan fingerprint density at radius 1 is 1.24 bits per heavy atom. The van der Waals surface area contributed by atoms with Crippen LogP contribution in [0.4, 0.5) is 4.39 Å². The summed E-state index contributed by atoms with van der Waals surface area (Å²) in [5.41, 5.74) is 3.02. The molecular formula is C17H16BrFO2.